The molecule has 0 unspecified atom stereocenters. The SMILES string of the molecule is Cc1ccc(C=CC(=O)NC(=S)Nc2ccccc2C(=O)NC(C)C)cc1. The van der Waals surface area contributed by atoms with E-state index in [0.29, 0.717) is 11.3 Å². The first-order valence-corrected chi connectivity index (χ1v) is 9.02. The summed E-state index contributed by atoms with van der Waals surface area (Å²) >= 11 is 5.19. The summed E-state index contributed by atoms with van der Waals surface area (Å²) < 4.78 is 0. The van der Waals surface area contributed by atoms with Crippen molar-refractivity contribution in [3.05, 3.63) is 71.3 Å². The van der Waals surface area contributed by atoms with Crippen molar-refractivity contribution in [3.8, 4) is 0 Å². The first-order chi connectivity index (χ1) is 12.8. The minimum absolute atomic E-state index is 0.0177. The molecule has 0 bridgehead atoms. The summed E-state index contributed by atoms with van der Waals surface area (Å²) in [6.07, 6.45) is 3.12. The normalized spacial score (nSPS) is 10.7. The van der Waals surface area contributed by atoms with Crippen LogP contribution in [-0.4, -0.2) is 23.0 Å². The van der Waals surface area contributed by atoms with Gasteiger partial charge < -0.3 is 10.6 Å². The summed E-state index contributed by atoms with van der Waals surface area (Å²) in [5, 5.41) is 8.44. The van der Waals surface area contributed by atoms with Gasteiger partial charge in [-0.25, -0.2) is 0 Å². The average molecular weight is 382 g/mol. The van der Waals surface area contributed by atoms with Crippen LogP contribution in [0.5, 0.6) is 0 Å². The predicted octanol–water partition coefficient (Wildman–Crippen LogP) is 3.66. The number of hydrogen-bond acceptors (Lipinski definition) is 3. The Morgan fingerprint density at radius 3 is 2.37 bits per heavy atom. The molecule has 0 atom stereocenters. The first-order valence-electron chi connectivity index (χ1n) is 8.62. The van der Waals surface area contributed by atoms with Gasteiger partial charge in [-0.3, -0.25) is 14.9 Å². The molecular weight excluding hydrogens is 358 g/mol. The molecule has 0 heterocycles. The number of anilines is 1. The van der Waals surface area contributed by atoms with Gasteiger partial charge in [-0.05, 0) is 56.8 Å². The smallest absolute Gasteiger partial charge is 0.253 e. The molecule has 2 aromatic rings. The second kappa shape index (κ2) is 9.64. The maximum atomic E-state index is 12.3. The zero-order valence-electron chi connectivity index (χ0n) is 15.6. The lowest BCUT2D eigenvalue weighted by atomic mass is 10.1. The summed E-state index contributed by atoms with van der Waals surface area (Å²) in [7, 11) is 0. The lowest BCUT2D eigenvalue weighted by Gasteiger charge is -2.14. The number of carbonyl (C=O) groups is 2. The number of benzene rings is 2. The van der Waals surface area contributed by atoms with Crippen LogP contribution in [0.15, 0.2) is 54.6 Å². The van der Waals surface area contributed by atoms with E-state index in [-0.39, 0.29) is 23.0 Å². The minimum Gasteiger partial charge on any atom is -0.350 e. The highest BCUT2D eigenvalue weighted by Crippen LogP contribution is 2.15. The number of rotatable bonds is 5. The van der Waals surface area contributed by atoms with Crippen molar-refractivity contribution in [1.29, 1.82) is 0 Å². The molecule has 140 valence electrons. The summed E-state index contributed by atoms with van der Waals surface area (Å²) in [6.45, 7) is 5.78. The summed E-state index contributed by atoms with van der Waals surface area (Å²) in [5.41, 5.74) is 3.06. The average Bonchev–Trinajstić information content (AvgIpc) is 2.61. The molecule has 2 amide bonds. The standard InChI is InChI=1S/C21H23N3O2S/c1-14(2)22-20(26)17-6-4-5-7-18(17)23-21(27)24-19(25)13-12-16-10-8-15(3)9-11-16/h4-14H,1-3H3,(H,22,26)(H2,23,24,25,27). The van der Waals surface area contributed by atoms with E-state index >= 15 is 0 Å². The second-order valence-electron chi connectivity index (χ2n) is 6.36. The number of carbonyl (C=O) groups excluding carboxylic acids is 2. The summed E-state index contributed by atoms with van der Waals surface area (Å²) in [5.74, 6) is -0.557. The zero-order chi connectivity index (χ0) is 19.8. The van der Waals surface area contributed by atoms with Crippen LogP contribution >= 0.6 is 12.2 Å². The van der Waals surface area contributed by atoms with E-state index in [1.54, 1.807) is 30.3 Å². The highest BCUT2D eigenvalue weighted by molar-refractivity contribution is 7.80. The number of aryl methyl sites for hydroxylation is 1. The number of thiocarbonyl (C=S) groups is 1. The van der Waals surface area contributed by atoms with Crippen LogP contribution in [0.1, 0.15) is 35.3 Å². The molecule has 0 radical (unpaired) electrons. The molecule has 0 saturated heterocycles. The highest BCUT2D eigenvalue weighted by atomic mass is 32.1. The molecule has 2 rings (SSSR count). The van der Waals surface area contributed by atoms with Gasteiger partial charge in [0.05, 0.1) is 11.3 Å². The Labute approximate surface area is 164 Å². The Bertz CT molecular complexity index is 858. The number of nitrogens with one attached hydrogen (secondary N) is 3. The minimum atomic E-state index is -0.350. The van der Waals surface area contributed by atoms with E-state index in [1.807, 2.05) is 45.0 Å². The van der Waals surface area contributed by atoms with Crippen LogP contribution in [0.3, 0.4) is 0 Å². The van der Waals surface area contributed by atoms with Crippen LogP contribution in [0.4, 0.5) is 5.69 Å². The van der Waals surface area contributed by atoms with Gasteiger partial charge in [0.2, 0.25) is 5.91 Å². The fourth-order valence-corrected chi connectivity index (χ4v) is 2.50. The predicted molar refractivity (Wildman–Crippen MR) is 114 cm³/mol. The summed E-state index contributed by atoms with van der Waals surface area (Å²) in [4.78, 5) is 24.3. The van der Waals surface area contributed by atoms with Crippen LogP contribution in [0.2, 0.25) is 0 Å². The molecule has 0 fully saturated rings. The van der Waals surface area contributed by atoms with Crippen molar-refractivity contribution in [2.75, 3.05) is 5.32 Å². The highest BCUT2D eigenvalue weighted by Gasteiger charge is 2.13. The van der Waals surface area contributed by atoms with E-state index in [4.69, 9.17) is 12.2 Å². The van der Waals surface area contributed by atoms with Gasteiger partial charge in [0.1, 0.15) is 0 Å². The van der Waals surface area contributed by atoms with Crippen molar-refractivity contribution in [1.82, 2.24) is 10.6 Å². The topological polar surface area (TPSA) is 70.2 Å². The molecule has 0 aliphatic heterocycles. The van der Waals surface area contributed by atoms with E-state index in [9.17, 15) is 9.59 Å². The Kier molecular flexibility index (Phi) is 7.25. The molecule has 2 aromatic carbocycles. The lowest BCUT2D eigenvalue weighted by molar-refractivity contribution is -0.115. The molecule has 3 N–H and O–H groups in total. The molecule has 5 nitrogen and oxygen atoms in total. The number of hydrogen-bond donors (Lipinski definition) is 3. The van der Waals surface area contributed by atoms with Crippen molar-refractivity contribution in [2.24, 2.45) is 0 Å². The van der Waals surface area contributed by atoms with Gasteiger partial charge in [0, 0.05) is 12.1 Å². The molecule has 0 saturated carbocycles. The van der Waals surface area contributed by atoms with E-state index in [2.05, 4.69) is 16.0 Å². The van der Waals surface area contributed by atoms with Gasteiger partial charge >= 0.3 is 0 Å². The molecule has 0 aromatic heterocycles. The van der Waals surface area contributed by atoms with Gasteiger partial charge in [-0.2, -0.15) is 0 Å². The van der Waals surface area contributed by atoms with E-state index < -0.39 is 0 Å². The fourth-order valence-electron chi connectivity index (χ4n) is 2.29. The third-order valence-corrected chi connectivity index (χ3v) is 3.79. The maximum Gasteiger partial charge on any atom is 0.253 e. The Hall–Kier alpha value is -2.99. The second-order valence-corrected chi connectivity index (χ2v) is 6.77. The van der Waals surface area contributed by atoms with Crippen LogP contribution in [-0.2, 0) is 4.79 Å². The Balaban J connectivity index is 1.98. The van der Waals surface area contributed by atoms with Gasteiger partial charge in [0.15, 0.2) is 5.11 Å². The molecule has 6 heteroatoms. The fraction of sp³-hybridized carbons (Fsp3) is 0.190. The monoisotopic (exact) mass is 381 g/mol. The molecular formula is C21H23N3O2S. The van der Waals surface area contributed by atoms with Crippen molar-refractivity contribution >= 4 is 40.9 Å². The molecule has 0 spiro atoms. The quantitative estimate of drug-likeness (QED) is 0.546. The van der Waals surface area contributed by atoms with Crippen LogP contribution in [0.25, 0.3) is 6.08 Å². The van der Waals surface area contributed by atoms with Crippen molar-refractivity contribution < 1.29 is 9.59 Å². The molecule has 27 heavy (non-hydrogen) atoms. The van der Waals surface area contributed by atoms with Crippen molar-refractivity contribution in [2.45, 2.75) is 26.8 Å². The Morgan fingerprint density at radius 2 is 1.70 bits per heavy atom. The van der Waals surface area contributed by atoms with Gasteiger partial charge in [-0.15, -0.1) is 0 Å². The number of amides is 2. The Morgan fingerprint density at radius 1 is 1.04 bits per heavy atom. The van der Waals surface area contributed by atoms with Gasteiger partial charge in [-0.1, -0.05) is 42.0 Å². The third kappa shape index (κ3) is 6.67. The maximum absolute atomic E-state index is 12.3. The zero-order valence-corrected chi connectivity index (χ0v) is 16.4. The van der Waals surface area contributed by atoms with Gasteiger partial charge in [0.25, 0.3) is 5.91 Å². The lowest BCUT2D eigenvalue weighted by Crippen LogP contribution is -2.34. The van der Waals surface area contributed by atoms with E-state index in [1.165, 1.54) is 6.08 Å². The first kappa shape index (κ1) is 20.3. The third-order valence-electron chi connectivity index (χ3n) is 3.58. The van der Waals surface area contributed by atoms with Crippen LogP contribution in [0, 0.1) is 6.92 Å². The molecule has 0 aliphatic rings. The van der Waals surface area contributed by atoms with Crippen LogP contribution < -0.4 is 16.0 Å². The van der Waals surface area contributed by atoms with E-state index in [0.717, 1.165) is 11.1 Å². The number of para-hydroxylation sites is 1. The van der Waals surface area contributed by atoms with Crippen molar-refractivity contribution in [3.63, 3.8) is 0 Å². The summed E-state index contributed by atoms with van der Waals surface area (Å²) in [6, 6.07) is 14.8. The molecule has 0 aliphatic carbocycles. The largest absolute Gasteiger partial charge is 0.350 e.